The summed E-state index contributed by atoms with van der Waals surface area (Å²) in [6, 6.07) is -0.237. The molecule has 2 amide bonds. The van der Waals surface area contributed by atoms with E-state index in [-0.39, 0.29) is 11.9 Å². The van der Waals surface area contributed by atoms with Crippen LogP contribution in [-0.2, 0) is 4.79 Å². The number of thiazole rings is 1. The number of hydrogen-bond acceptors (Lipinski definition) is 4. The van der Waals surface area contributed by atoms with Crippen LogP contribution in [0.5, 0.6) is 0 Å². The van der Waals surface area contributed by atoms with Gasteiger partial charge in [0.05, 0.1) is 11.1 Å². The lowest BCUT2D eigenvalue weighted by atomic mass is 9.81. The smallest absolute Gasteiger partial charge is 0.323 e. The molecule has 7 heteroatoms. The molecule has 2 aliphatic rings. The Morgan fingerprint density at radius 3 is 2.81 bits per heavy atom. The third-order valence-electron chi connectivity index (χ3n) is 4.83. The number of carboxylic acids is 1. The molecule has 0 radical (unpaired) electrons. The lowest BCUT2D eigenvalue weighted by Gasteiger charge is -2.23. The van der Waals surface area contributed by atoms with E-state index in [4.69, 9.17) is 0 Å². The quantitative estimate of drug-likeness (QED) is 0.879. The van der Waals surface area contributed by atoms with Crippen molar-refractivity contribution in [2.75, 3.05) is 18.4 Å². The van der Waals surface area contributed by atoms with Crippen LogP contribution in [0.2, 0.25) is 0 Å². The zero-order chi connectivity index (χ0) is 15.2. The summed E-state index contributed by atoms with van der Waals surface area (Å²) in [5.41, 5.74) is 0.182. The zero-order valence-electron chi connectivity index (χ0n) is 12.2. The predicted octanol–water partition coefficient (Wildman–Crippen LogP) is 2.48. The average Bonchev–Trinajstić information content (AvgIpc) is 3.02. The molecule has 0 spiro atoms. The van der Waals surface area contributed by atoms with Gasteiger partial charge in [0, 0.05) is 18.0 Å². The normalized spacial score (nSPS) is 27.7. The fraction of sp³-hybridized carbons (Fsp3) is 0.643. The van der Waals surface area contributed by atoms with E-state index in [0.717, 1.165) is 23.4 Å². The van der Waals surface area contributed by atoms with Crippen LogP contribution in [0.3, 0.4) is 0 Å². The first-order valence-electron chi connectivity index (χ1n) is 7.16. The Morgan fingerprint density at radius 2 is 2.24 bits per heavy atom. The molecule has 1 saturated heterocycles. The van der Waals surface area contributed by atoms with Gasteiger partial charge in [-0.3, -0.25) is 10.1 Å². The lowest BCUT2D eigenvalue weighted by Crippen LogP contribution is -2.38. The van der Waals surface area contributed by atoms with Gasteiger partial charge in [0.15, 0.2) is 5.13 Å². The van der Waals surface area contributed by atoms with Gasteiger partial charge in [-0.05, 0) is 32.6 Å². The molecule has 1 aliphatic heterocycles. The largest absolute Gasteiger partial charge is 0.481 e. The minimum Gasteiger partial charge on any atom is -0.481 e. The van der Waals surface area contributed by atoms with Crippen molar-refractivity contribution in [3.8, 4) is 0 Å². The van der Waals surface area contributed by atoms with Crippen molar-refractivity contribution in [3.05, 3.63) is 10.6 Å². The highest BCUT2D eigenvalue weighted by atomic mass is 32.1. The average molecular weight is 309 g/mol. The van der Waals surface area contributed by atoms with Crippen LogP contribution in [0, 0.1) is 25.2 Å². The van der Waals surface area contributed by atoms with Crippen LogP contribution in [0.15, 0.2) is 0 Å². The number of rotatable bonds is 2. The molecule has 1 aromatic rings. The summed E-state index contributed by atoms with van der Waals surface area (Å²) in [5.74, 6) is -0.679. The molecule has 21 heavy (non-hydrogen) atoms. The second-order valence-electron chi connectivity index (χ2n) is 6.02. The van der Waals surface area contributed by atoms with Gasteiger partial charge in [0.25, 0.3) is 0 Å². The Hall–Kier alpha value is -1.63. The number of urea groups is 1. The minimum absolute atomic E-state index is 0.0838. The van der Waals surface area contributed by atoms with Gasteiger partial charge >= 0.3 is 12.0 Å². The number of carbonyl (C=O) groups excluding carboxylic acids is 1. The second-order valence-corrected chi connectivity index (χ2v) is 7.22. The fourth-order valence-electron chi connectivity index (χ4n) is 3.49. The molecule has 6 nitrogen and oxygen atoms in total. The van der Waals surface area contributed by atoms with Crippen LogP contribution >= 0.6 is 11.3 Å². The highest BCUT2D eigenvalue weighted by Gasteiger charge is 2.55. The number of fused-ring (bicyclic) bond motifs is 1. The summed E-state index contributed by atoms with van der Waals surface area (Å²) in [6.45, 7) is 4.70. The van der Waals surface area contributed by atoms with Gasteiger partial charge in [-0.25, -0.2) is 9.78 Å². The number of nitrogens with one attached hydrogen (secondary N) is 1. The maximum absolute atomic E-state index is 12.3. The monoisotopic (exact) mass is 309 g/mol. The molecule has 0 bridgehead atoms. The maximum Gasteiger partial charge on any atom is 0.323 e. The Labute approximate surface area is 127 Å². The summed E-state index contributed by atoms with van der Waals surface area (Å²) >= 11 is 1.44. The number of aromatic nitrogens is 1. The minimum atomic E-state index is -0.763. The molecular weight excluding hydrogens is 290 g/mol. The summed E-state index contributed by atoms with van der Waals surface area (Å²) in [6.07, 6.45) is 2.51. The summed E-state index contributed by atoms with van der Waals surface area (Å²) < 4.78 is 0. The molecule has 2 N–H and O–H groups in total. The van der Waals surface area contributed by atoms with Crippen LogP contribution in [0.1, 0.15) is 29.8 Å². The SMILES string of the molecule is Cc1nc(NC(=O)N2C[C@@H]3CCC[C@@]3(C(=O)O)C2)sc1C. The van der Waals surface area contributed by atoms with E-state index in [9.17, 15) is 14.7 Å². The van der Waals surface area contributed by atoms with Crippen molar-refractivity contribution < 1.29 is 14.7 Å². The van der Waals surface area contributed by atoms with Gasteiger partial charge in [-0.15, -0.1) is 11.3 Å². The number of hydrogen-bond donors (Lipinski definition) is 2. The molecule has 1 aromatic heterocycles. The number of aliphatic carboxylic acids is 1. The van der Waals surface area contributed by atoms with Crippen molar-refractivity contribution in [1.82, 2.24) is 9.88 Å². The molecule has 1 aliphatic carbocycles. The highest BCUT2D eigenvalue weighted by molar-refractivity contribution is 7.15. The Morgan fingerprint density at radius 1 is 1.48 bits per heavy atom. The van der Waals surface area contributed by atoms with Crippen molar-refractivity contribution in [1.29, 1.82) is 0 Å². The number of carbonyl (C=O) groups is 2. The first-order valence-corrected chi connectivity index (χ1v) is 7.97. The van der Waals surface area contributed by atoms with Crippen molar-refractivity contribution in [2.24, 2.45) is 11.3 Å². The third-order valence-corrected chi connectivity index (χ3v) is 5.81. The number of amides is 2. The molecule has 0 aromatic carbocycles. The predicted molar refractivity (Wildman–Crippen MR) is 79.6 cm³/mol. The summed E-state index contributed by atoms with van der Waals surface area (Å²) in [4.78, 5) is 30.9. The fourth-order valence-corrected chi connectivity index (χ4v) is 4.29. The molecule has 2 heterocycles. The topological polar surface area (TPSA) is 82.5 Å². The summed E-state index contributed by atoms with van der Waals surface area (Å²) in [5, 5.41) is 12.9. The van der Waals surface area contributed by atoms with E-state index < -0.39 is 11.4 Å². The van der Waals surface area contributed by atoms with E-state index in [1.807, 2.05) is 13.8 Å². The Bertz CT molecular complexity index is 581. The van der Waals surface area contributed by atoms with E-state index >= 15 is 0 Å². The highest BCUT2D eigenvalue weighted by Crippen LogP contribution is 2.48. The van der Waals surface area contributed by atoms with Crippen molar-refractivity contribution >= 4 is 28.5 Å². The molecule has 0 unspecified atom stereocenters. The van der Waals surface area contributed by atoms with Gasteiger partial charge in [0.1, 0.15) is 0 Å². The number of nitrogens with zero attached hydrogens (tertiary/aromatic N) is 2. The molecule has 2 fully saturated rings. The van der Waals surface area contributed by atoms with Crippen molar-refractivity contribution in [3.63, 3.8) is 0 Å². The zero-order valence-corrected chi connectivity index (χ0v) is 13.0. The third kappa shape index (κ3) is 2.29. The number of likely N-dealkylation sites (tertiary alicyclic amines) is 1. The lowest BCUT2D eigenvalue weighted by molar-refractivity contribution is -0.149. The standard InChI is InChI=1S/C14H19N3O3S/c1-8-9(2)21-12(15-8)16-13(20)17-6-10-4-3-5-14(10,7-17)11(18)19/h10H,3-7H2,1-2H3,(H,18,19)(H,15,16,20)/t10-,14+/m0/s1. The van der Waals surface area contributed by atoms with E-state index in [1.165, 1.54) is 11.3 Å². The Balaban J connectivity index is 1.71. The molecule has 2 atom stereocenters. The Kier molecular flexibility index (Phi) is 3.39. The first kappa shape index (κ1) is 14.3. The van der Waals surface area contributed by atoms with E-state index in [0.29, 0.717) is 24.6 Å². The molecule has 1 saturated carbocycles. The summed E-state index contributed by atoms with van der Waals surface area (Å²) in [7, 11) is 0. The van der Waals surface area contributed by atoms with Crippen LogP contribution in [0.25, 0.3) is 0 Å². The van der Waals surface area contributed by atoms with Crippen LogP contribution in [-0.4, -0.2) is 40.1 Å². The van der Waals surface area contributed by atoms with Crippen LogP contribution < -0.4 is 5.32 Å². The van der Waals surface area contributed by atoms with E-state index in [2.05, 4.69) is 10.3 Å². The van der Waals surface area contributed by atoms with Gasteiger partial charge in [0.2, 0.25) is 0 Å². The number of anilines is 1. The van der Waals surface area contributed by atoms with Crippen LogP contribution in [0.4, 0.5) is 9.93 Å². The number of carboxylic acid groups (broad SMARTS) is 1. The number of aryl methyl sites for hydroxylation is 2. The molecule has 3 rings (SSSR count). The maximum atomic E-state index is 12.3. The van der Waals surface area contributed by atoms with E-state index in [1.54, 1.807) is 4.90 Å². The van der Waals surface area contributed by atoms with Gasteiger partial charge < -0.3 is 10.0 Å². The van der Waals surface area contributed by atoms with Gasteiger partial charge in [-0.1, -0.05) is 6.42 Å². The molecular formula is C14H19N3O3S. The first-order chi connectivity index (χ1) is 9.92. The second kappa shape index (κ2) is 4.98. The van der Waals surface area contributed by atoms with Crippen molar-refractivity contribution in [2.45, 2.75) is 33.1 Å². The van der Waals surface area contributed by atoms with Gasteiger partial charge in [-0.2, -0.15) is 0 Å². The molecule has 114 valence electrons.